The van der Waals surface area contributed by atoms with Gasteiger partial charge in [-0.25, -0.2) is 0 Å². The maximum absolute atomic E-state index is 12.0. The van der Waals surface area contributed by atoms with Crippen LogP contribution in [0.3, 0.4) is 0 Å². The highest BCUT2D eigenvalue weighted by atomic mass is 127. The summed E-state index contributed by atoms with van der Waals surface area (Å²) < 4.78 is 11.7. The van der Waals surface area contributed by atoms with E-state index >= 15 is 0 Å². The molecule has 1 aliphatic rings. The molecule has 2 aromatic rings. The van der Waals surface area contributed by atoms with Gasteiger partial charge in [0.25, 0.3) is 0 Å². The lowest BCUT2D eigenvalue weighted by Crippen LogP contribution is -1.93. The van der Waals surface area contributed by atoms with Crippen LogP contribution in [0.1, 0.15) is 15.9 Å². The molecule has 1 heterocycles. The van der Waals surface area contributed by atoms with Crippen LogP contribution in [0, 0.1) is 3.57 Å². The molecule has 4 heteroatoms. The number of hydrogen-bond donors (Lipinski definition) is 0. The molecule has 2 aromatic carbocycles. The highest BCUT2D eigenvalue weighted by molar-refractivity contribution is 14.1. The van der Waals surface area contributed by atoms with E-state index in [4.69, 9.17) is 9.47 Å². The summed E-state index contributed by atoms with van der Waals surface area (Å²) in [6, 6.07) is 13.1. The van der Waals surface area contributed by atoms with Crippen LogP contribution < -0.4 is 9.47 Å². The van der Waals surface area contributed by atoms with Crippen LogP contribution >= 0.6 is 22.6 Å². The van der Waals surface area contributed by atoms with Crippen LogP contribution in [0.4, 0.5) is 0 Å². The molecule has 100 valence electrons. The molecule has 0 radical (unpaired) electrons. The fourth-order valence-electron chi connectivity index (χ4n) is 1.90. The van der Waals surface area contributed by atoms with Crippen molar-refractivity contribution in [1.29, 1.82) is 0 Å². The molecule has 0 spiro atoms. The number of fused-ring (bicyclic) bond motifs is 1. The predicted octanol–water partition coefficient (Wildman–Crippen LogP) is 3.92. The molecule has 0 amide bonds. The molecule has 20 heavy (non-hydrogen) atoms. The van der Waals surface area contributed by atoms with E-state index in [9.17, 15) is 4.79 Å². The molecule has 0 N–H and O–H groups in total. The van der Waals surface area contributed by atoms with Gasteiger partial charge < -0.3 is 9.47 Å². The molecule has 0 aromatic heterocycles. The van der Waals surface area contributed by atoms with Crippen molar-refractivity contribution < 1.29 is 14.3 Å². The van der Waals surface area contributed by atoms with Gasteiger partial charge >= 0.3 is 0 Å². The van der Waals surface area contributed by atoms with Crippen LogP contribution in [-0.2, 0) is 0 Å². The summed E-state index contributed by atoms with van der Waals surface area (Å²) in [6.07, 6.45) is 3.35. The van der Waals surface area contributed by atoms with Crippen molar-refractivity contribution in [2.24, 2.45) is 0 Å². The molecule has 3 nitrogen and oxygen atoms in total. The molecule has 0 saturated carbocycles. The highest BCUT2D eigenvalue weighted by Gasteiger charge is 2.12. The molecular formula is C16H11IO3. The van der Waals surface area contributed by atoms with Crippen LogP contribution in [0.15, 0.2) is 48.5 Å². The van der Waals surface area contributed by atoms with Gasteiger partial charge in [-0.2, -0.15) is 0 Å². The minimum Gasteiger partial charge on any atom is -0.454 e. The first-order valence-corrected chi connectivity index (χ1v) is 7.18. The third-order valence-electron chi connectivity index (χ3n) is 2.95. The zero-order valence-corrected chi connectivity index (χ0v) is 12.7. The molecule has 3 rings (SSSR count). The molecule has 0 saturated heterocycles. The summed E-state index contributed by atoms with van der Waals surface area (Å²) in [7, 11) is 0. The summed E-state index contributed by atoms with van der Waals surface area (Å²) in [6.45, 7) is 0.254. The molecule has 0 atom stereocenters. The van der Waals surface area contributed by atoms with Gasteiger partial charge in [0.05, 0.1) is 0 Å². The topological polar surface area (TPSA) is 35.5 Å². The number of carbonyl (C=O) groups excluding carboxylic acids is 1. The number of allylic oxidation sites excluding steroid dienone is 1. The summed E-state index contributed by atoms with van der Waals surface area (Å²) in [4.78, 5) is 12.0. The fraction of sp³-hybridized carbons (Fsp3) is 0.0625. The molecule has 0 unspecified atom stereocenters. The Morgan fingerprint density at radius 3 is 2.60 bits per heavy atom. The Morgan fingerprint density at radius 2 is 1.80 bits per heavy atom. The van der Waals surface area contributed by atoms with Crippen molar-refractivity contribution in [1.82, 2.24) is 0 Å². The van der Waals surface area contributed by atoms with Crippen molar-refractivity contribution in [3.8, 4) is 11.5 Å². The lowest BCUT2D eigenvalue weighted by molar-refractivity contribution is 0.104. The lowest BCUT2D eigenvalue weighted by atomic mass is 10.1. The number of ether oxygens (including phenoxy) is 2. The monoisotopic (exact) mass is 378 g/mol. The van der Waals surface area contributed by atoms with Crippen LogP contribution in [0.25, 0.3) is 6.08 Å². The zero-order chi connectivity index (χ0) is 13.9. The normalized spacial score (nSPS) is 12.8. The Hall–Kier alpha value is -1.82. The first-order valence-electron chi connectivity index (χ1n) is 6.10. The number of hydrogen-bond acceptors (Lipinski definition) is 3. The maximum Gasteiger partial charge on any atom is 0.231 e. The third-order valence-corrected chi connectivity index (χ3v) is 3.67. The van der Waals surface area contributed by atoms with Crippen molar-refractivity contribution in [3.63, 3.8) is 0 Å². The van der Waals surface area contributed by atoms with E-state index in [1.54, 1.807) is 12.2 Å². The van der Waals surface area contributed by atoms with Crippen molar-refractivity contribution in [2.45, 2.75) is 0 Å². The summed E-state index contributed by atoms with van der Waals surface area (Å²) >= 11 is 2.21. The fourth-order valence-corrected chi connectivity index (χ4v) is 2.26. The van der Waals surface area contributed by atoms with Crippen LogP contribution in [0.5, 0.6) is 11.5 Å². The number of benzene rings is 2. The minimum atomic E-state index is -0.0148. The van der Waals surface area contributed by atoms with E-state index < -0.39 is 0 Å². The van der Waals surface area contributed by atoms with Gasteiger partial charge in [0.15, 0.2) is 17.3 Å². The number of halogens is 1. The van der Waals surface area contributed by atoms with Crippen molar-refractivity contribution >= 4 is 34.5 Å². The molecular weight excluding hydrogens is 367 g/mol. The van der Waals surface area contributed by atoms with E-state index in [-0.39, 0.29) is 12.6 Å². The van der Waals surface area contributed by atoms with Crippen LogP contribution in [-0.4, -0.2) is 12.6 Å². The average Bonchev–Trinajstić information content (AvgIpc) is 2.93. The van der Waals surface area contributed by atoms with Gasteiger partial charge in [-0.05, 0) is 58.5 Å². The van der Waals surface area contributed by atoms with E-state index in [1.165, 1.54) is 0 Å². The van der Waals surface area contributed by atoms with Gasteiger partial charge in [-0.3, -0.25) is 4.79 Å². The minimum absolute atomic E-state index is 0.0148. The first kappa shape index (κ1) is 13.2. The van der Waals surface area contributed by atoms with Crippen molar-refractivity contribution in [3.05, 3.63) is 63.2 Å². The Morgan fingerprint density at radius 1 is 1.05 bits per heavy atom. The Balaban J connectivity index is 1.76. The summed E-state index contributed by atoms with van der Waals surface area (Å²) in [5, 5.41) is 0. The Kier molecular flexibility index (Phi) is 3.73. The zero-order valence-electron chi connectivity index (χ0n) is 10.5. The second kappa shape index (κ2) is 5.66. The predicted molar refractivity (Wildman–Crippen MR) is 85.1 cm³/mol. The Labute approximate surface area is 130 Å². The van der Waals surface area contributed by atoms with Crippen molar-refractivity contribution in [2.75, 3.05) is 6.79 Å². The largest absolute Gasteiger partial charge is 0.454 e. The van der Waals surface area contributed by atoms with Gasteiger partial charge in [-0.15, -0.1) is 0 Å². The van der Waals surface area contributed by atoms with Gasteiger partial charge in [0, 0.05) is 9.13 Å². The van der Waals surface area contributed by atoms with Crippen LogP contribution in [0.2, 0.25) is 0 Å². The lowest BCUT2D eigenvalue weighted by Gasteiger charge is -1.98. The van der Waals surface area contributed by atoms with Gasteiger partial charge in [0.2, 0.25) is 6.79 Å². The van der Waals surface area contributed by atoms with E-state index in [0.717, 1.165) is 14.9 Å². The quantitative estimate of drug-likeness (QED) is 0.462. The molecule has 0 fully saturated rings. The van der Waals surface area contributed by atoms with E-state index in [0.29, 0.717) is 11.3 Å². The summed E-state index contributed by atoms with van der Waals surface area (Å²) in [5.74, 6) is 1.44. The number of rotatable bonds is 3. The number of ketones is 1. The van der Waals surface area contributed by atoms with Gasteiger partial charge in [0.1, 0.15) is 0 Å². The second-order valence-electron chi connectivity index (χ2n) is 4.32. The molecule has 1 aliphatic heterocycles. The summed E-state index contributed by atoms with van der Waals surface area (Å²) in [5.41, 5.74) is 1.59. The molecule has 0 bridgehead atoms. The smallest absolute Gasteiger partial charge is 0.231 e. The van der Waals surface area contributed by atoms with E-state index in [1.807, 2.05) is 42.5 Å². The molecule has 0 aliphatic carbocycles. The SMILES string of the molecule is O=C(/C=C/c1ccc2c(c1)OCO2)c1ccc(I)cc1. The second-order valence-corrected chi connectivity index (χ2v) is 5.56. The maximum atomic E-state index is 12.0. The van der Waals surface area contributed by atoms with E-state index in [2.05, 4.69) is 22.6 Å². The number of carbonyl (C=O) groups is 1. The Bertz CT molecular complexity index is 675. The highest BCUT2D eigenvalue weighted by Crippen LogP contribution is 2.32. The van der Waals surface area contributed by atoms with Gasteiger partial charge in [-0.1, -0.05) is 24.3 Å². The average molecular weight is 378 g/mol. The first-order chi connectivity index (χ1) is 9.72. The third kappa shape index (κ3) is 2.85. The standard InChI is InChI=1S/C16H11IO3/c17-13-5-3-12(4-6-13)14(18)7-1-11-2-8-15-16(9-11)20-10-19-15/h1-9H,10H2/b7-1+.